The Bertz CT molecular complexity index is 378. The lowest BCUT2D eigenvalue weighted by Gasteiger charge is -2.07. The van der Waals surface area contributed by atoms with Gasteiger partial charge in [-0.3, -0.25) is 4.79 Å². The normalized spacial score (nSPS) is 10.4. The van der Waals surface area contributed by atoms with E-state index in [1.54, 1.807) is 12.1 Å². The lowest BCUT2D eigenvalue weighted by molar-refractivity contribution is 0.0948. The van der Waals surface area contributed by atoms with E-state index in [1.165, 1.54) is 6.07 Å². The molecule has 18 heavy (non-hydrogen) atoms. The first-order valence-electron chi connectivity index (χ1n) is 5.95. The quantitative estimate of drug-likeness (QED) is 0.555. The lowest BCUT2D eigenvalue weighted by Crippen LogP contribution is -2.25. The molecule has 0 aliphatic heterocycles. The Hall–Kier alpha value is -0.420. The largest absolute Gasteiger partial charge is 0.352 e. The summed E-state index contributed by atoms with van der Waals surface area (Å²) in [6, 6.07) is 4.51. The van der Waals surface area contributed by atoms with Gasteiger partial charge in [0, 0.05) is 16.3 Å². The number of nitrogens with one attached hydrogen (secondary N) is 1. The van der Waals surface area contributed by atoms with E-state index in [4.69, 9.17) is 0 Å². The van der Waals surface area contributed by atoms with Crippen molar-refractivity contribution in [1.82, 2.24) is 5.32 Å². The van der Waals surface area contributed by atoms with Crippen LogP contribution in [0.3, 0.4) is 0 Å². The van der Waals surface area contributed by atoms with Crippen LogP contribution < -0.4 is 5.32 Å². The Morgan fingerprint density at radius 3 is 2.61 bits per heavy atom. The van der Waals surface area contributed by atoms with Crippen LogP contribution in [0.1, 0.15) is 36.0 Å². The molecule has 0 aliphatic carbocycles. The summed E-state index contributed by atoms with van der Waals surface area (Å²) in [4.78, 5) is 11.8. The summed E-state index contributed by atoms with van der Waals surface area (Å²) >= 11 is 6.56. The van der Waals surface area contributed by atoms with E-state index in [0.29, 0.717) is 11.0 Å². The van der Waals surface area contributed by atoms with Crippen LogP contribution in [0, 0.1) is 5.82 Å². The number of benzene rings is 1. The first kappa shape index (κ1) is 15.6. The van der Waals surface area contributed by atoms with E-state index >= 15 is 0 Å². The predicted octanol–water partition coefficient (Wildman–Crippen LogP) is 4.27. The van der Waals surface area contributed by atoms with Gasteiger partial charge < -0.3 is 5.32 Å². The minimum absolute atomic E-state index is 0.0814. The van der Waals surface area contributed by atoms with E-state index in [0.717, 1.165) is 31.0 Å². The van der Waals surface area contributed by atoms with Gasteiger partial charge in [0.25, 0.3) is 5.91 Å². The lowest BCUT2D eigenvalue weighted by atomic mass is 10.2. The van der Waals surface area contributed by atoms with E-state index in [1.807, 2.05) is 0 Å². The predicted molar refractivity (Wildman–Crippen MR) is 78.7 cm³/mol. The number of alkyl halides is 1. The summed E-state index contributed by atoms with van der Waals surface area (Å²) in [6.07, 6.45) is 4.28. The molecule has 5 heteroatoms. The van der Waals surface area contributed by atoms with Crippen LogP contribution in [0.4, 0.5) is 4.39 Å². The molecule has 0 atom stereocenters. The molecular formula is C13H16Br2FNO. The van der Waals surface area contributed by atoms with Crippen molar-refractivity contribution in [1.29, 1.82) is 0 Å². The first-order chi connectivity index (χ1) is 8.66. The van der Waals surface area contributed by atoms with Crippen molar-refractivity contribution in [2.75, 3.05) is 11.9 Å². The van der Waals surface area contributed by atoms with Crippen molar-refractivity contribution in [2.45, 2.75) is 25.7 Å². The minimum Gasteiger partial charge on any atom is -0.352 e. The zero-order valence-corrected chi connectivity index (χ0v) is 13.2. The van der Waals surface area contributed by atoms with Gasteiger partial charge in [0.1, 0.15) is 5.82 Å². The van der Waals surface area contributed by atoms with Crippen LogP contribution in [-0.2, 0) is 0 Å². The number of carbonyl (C=O) groups is 1. The smallest absolute Gasteiger partial charge is 0.255 e. The average Bonchev–Trinajstić information content (AvgIpc) is 2.33. The van der Waals surface area contributed by atoms with Crippen LogP contribution >= 0.6 is 31.9 Å². The fourth-order valence-electron chi connectivity index (χ4n) is 1.58. The fraction of sp³-hybridized carbons (Fsp3) is 0.462. The van der Waals surface area contributed by atoms with Gasteiger partial charge >= 0.3 is 0 Å². The summed E-state index contributed by atoms with van der Waals surface area (Å²) in [7, 11) is 0. The molecule has 0 fully saturated rings. The summed E-state index contributed by atoms with van der Waals surface area (Å²) in [6.45, 7) is 0.585. The molecule has 0 saturated carbocycles. The third-order valence-corrected chi connectivity index (χ3v) is 3.76. The third kappa shape index (κ3) is 5.06. The number of hydrogen-bond acceptors (Lipinski definition) is 1. The van der Waals surface area contributed by atoms with E-state index in [9.17, 15) is 9.18 Å². The molecule has 1 amide bonds. The third-order valence-electron chi connectivity index (χ3n) is 2.54. The molecule has 0 unspecified atom stereocenters. The Morgan fingerprint density at radius 1 is 1.22 bits per heavy atom. The molecule has 0 spiro atoms. The summed E-state index contributed by atoms with van der Waals surface area (Å²) in [5.74, 6) is -0.860. The van der Waals surface area contributed by atoms with Gasteiger partial charge in [-0.15, -0.1) is 0 Å². The van der Waals surface area contributed by atoms with Crippen molar-refractivity contribution in [3.05, 3.63) is 34.1 Å². The molecule has 100 valence electrons. The molecule has 0 aromatic heterocycles. The first-order valence-corrected chi connectivity index (χ1v) is 7.86. The maximum absolute atomic E-state index is 13.5. The van der Waals surface area contributed by atoms with E-state index in [2.05, 4.69) is 37.2 Å². The Kier molecular flexibility index (Phi) is 7.51. The summed E-state index contributed by atoms with van der Waals surface area (Å²) < 4.78 is 14.0. The highest BCUT2D eigenvalue weighted by molar-refractivity contribution is 9.10. The molecule has 1 aromatic carbocycles. The number of rotatable bonds is 7. The van der Waals surface area contributed by atoms with Crippen LogP contribution in [0.15, 0.2) is 22.7 Å². The van der Waals surface area contributed by atoms with Gasteiger partial charge in [0.2, 0.25) is 0 Å². The Morgan fingerprint density at radius 2 is 1.94 bits per heavy atom. The molecule has 0 aliphatic rings. The van der Waals surface area contributed by atoms with Crippen LogP contribution in [0.2, 0.25) is 0 Å². The Labute approximate surface area is 124 Å². The zero-order chi connectivity index (χ0) is 13.4. The second-order valence-electron chi connectivity index (χ2n) is 3.96. The van der Waals surface area contributed by atoms with Crippen LogP contribution in [0.25, 0.3) is 0 Å². The van der Waals surface area contributed by atoms with Crippen LogP contribution in [0.5, 0.6) is 0 Å². The second kappa shape index (κ2) is 8.64. The highest BCUT2D eigenvalue weighted by Gasteiger charge is 2.14. The monoisotopic (exact) mass is 379 g/mol. The van der Waals surface area contributed by atoms with E-state index < -0.39 is 5.82 Å². The molecule has 2 nitrogen and oxygen atoms in total. The number of hydrogen-bond donors (Lipinski definition) is 1. The van der Waals surface area contributed by atoms with Crippen molar-refractivity contribution in [3.63, 3.8) is 0 Å². The van der Waals surface area contributed by atoms with Gasteiger partial charge in [-0.1, -0.05) is 34.8 Å². The van der Waals surface area contributed by atoms with Crippen molar-refractivity contribution in [2.24, 2.45) is 0 Å². The highest BCUT2D eigenvalue weighted by atomic mass is 79.9. The Balaban J connectivity index is 2.37. The fourth-order valence-corrected chi connectivity index (χ4v) is 2.50. The number of halogens is 3. The SMILES string of the molecule is O=C(NCCCCCCBr)c1c(F)cccc1Br. The maximum Gasteiger partial charge on any atom is 0.255 e. The molecule has 0 saturated heterocycles. The molecule has 0 radical (unpaired) electrons. The minimum atomic E-state index is -0.499. The van der Waals surface area contributed by atoms with Gasteiger partial charge in [0.15, 0.2) is 0 Å². The maximum atomic E-state index is 13.5. The number of carbonyl (C=O) groups excluding carboxylic acids is 1. The molecule has 1 aromatic rings. The summed E-state index contributed by atoms with van der Waals surface area (Å²) in [5, 5.41) is 3.75. The number of amides is 1. The standard InChI is InChI=1S/C13H16Br2FNO/c14-8-3-1-2-4-9-17-13(18)12-10(15)6-5-7-11(12)16/h5-7H,1-4,8-9H2,(H,17,18). The van der Waals surface area contributed by atoms with Crippen molar-refractivity contribution < 1.29 is 9.18 Å². The van der Waals surface area contributed by atoms with Crippen molar-refractivity contribution in [3.8, 4) is 0 Å². The van der Waals surface area contributed by atoms with Gasteiger partial charge in [0.05, 0.1) is 5.56 Å². The average molecular weight is 381 g/mol. The van der Waals surface area contributed by atoms with Gasteiger partial charge in [-0.25, -0.2) is 4.39 Å². The molecule has 1 N–H and O–H groups in total. The van der Waals surface area contributed by atoms with Crippen LogP contribution in [-0.4, -0.2) is 17.8 Å². The van der Waals surface area contributed by atoms with Gasteiger partial charge in [-0.2, -0.15) is 0 Å². The topological polar surface area (TPSA) is 29.1 Å². The van der Waals surface area contributed by atoms with E-state index in [-0.39, 0.29) is 11.5 Å². The molecule has 0 heterocycles. The van der Waals surface area contributed by atoms with Crippen molar-refractivity contribution >= 4 is 37.8 Å². The van der Waals surface area contributed by atoms with Gasteiger partial charge in [-0.05, 0) is 40.9 Å². The molecular weight excluding hydrogens is 365 g/mol. The second-order valence-corrected chi connectivity index (χ2v) is 5.60. The molecule has 1 rings (SSSR count). The molecule has 0 bridgehead atoms. The zero-order valence-electron chi connectivity index (χ0n) is 10.0. The number of unbranched alkanes of at least 4 members (excludes halogenated alkanes) is 3. The summed E-state index contributed by atoms with van der Waals surface area (Å²) in [5.41, 5.74) is 0.0814. The highest BCUT2D eigenvalue weighted by Crippen LogP contribution is 2.19.